The zero-order valence-electron chi connectivity index (χ0n) is 13.8. The van der Waals surface area contributed by atoms with Crippen LogP contribution >= 0.6 is 0 Å². The van der Waals surface area contributed by atoms with E-state index in [1.54, 1.807) is 18.2 Å². The quantitative estimate of drug-likeness (QED) is 0.776. The largest absolute Gasteiger partial charge is 0.368 e. The van der Waals surface area contributed by atoms with Crippen LogP contribution in [0.5, 0.6) is 0 Å². The van der Waals surface area contributed by atoms with Crippen LogP contribution in [0.3, 0.4) is 0 Å². The molecule has 6 heteroatoms. The first-order valence-corrected chi connectivity index (χ1v) is 8.26. The molecule has 2 amide bonds. The van der Waals surface area contributed by atoms with Gasteiger partial charge in [-0.3, -0.25) is 9.59 Å². The van der Waals surface area contributed by atoms with Crippen LogP contribution < -0.4 is 10.2 Å². The third kappa shape index (κ3) is 5.37. The van der Waals surface area contributed by atoms with Crippen LogP contribution in [0.1, 0.15) is 19.3 Å². The Hall–Kier alpha value is -2.37. The molecular weight excluding hydrogens is 309 g/mol. The Balaban J connectivity index is 1.69. The lowest BCUT2D eigenvalue weighted by atomic mass is 10.2. The number of hydrogen-bond donors (Lipinski definition) is 1. The molecular formula is C18H24FN3O2. The first-order valence-electron chi connectivity index (χ1n) is 8.26. The summed E-state index contributed by atoms with van der Waals surface area (Å²) < 4.78 is 13.0. The highest BCUT2D eigenvalue weighted by Gasteiger charge is 2.21. The van der Waals surface area contributed by atoms with E-state index in [9.17, 15) is 14.0 Å². The summed E-state index contributed by atoms with van der Waals surface area (Å²) in [6.45, 7) is 6.76. The van der Waals surface area contributed by atoms with Crippen LogP contribution in [0, 0.1) is 5.82 Å². The molecule has 0 saturated carbocycles. The predicted molar refractivity (Wildman–Crippen MR) is 92.3 cm³/mol. The van der Waals surface area contributed by atoms with Gasteiger partial charge in [-0.1, -0.05) is 6.08 Å². The van der Waals surface area contributed by atoms with Crippen molar-refractivity contribution in [3.8, 4) is 0 Å². The molecule has 1 heterocycles. The Bertz CT molecular complexity index is 566. The van der Waals surface area contributed by atoms with E-state index in [-0.39, 0.29) is 17.6 Å². The number of benzene rings is 1. The van der Waals surface area contributed by atoms with Crippen molar-refractivity contribution in [3.63, 3.8) is 0 Å². The van der Waals surface area contributed by atoms with E-state index in [1.165, 1.54) is 12.1 Å². The molecule has 24 heavy (non-hydrogen) atoms. The van der Waals surface area contributed by atoms with Gasteiger partial charge in [-0.25, -0.2) is 4.39 Å². The standard InChI is InChI=1S/C18H24FN3O2/c1-2-10-20-17(23)4-3-5-18(24)22-13-11-21(12-14-22)16-8-6-15(19)7-9-16/h2,6-9H,1,3-5,10-14H2,(H,20,23). The van der Waals surface area contributed by atoms with E-state index in [4.69, 9.17) is 0 Å². The molecule has 5 nitrogen and oxygen atoms in total. The minimum atomic E-state index is -0.246. The average Bonchev–Trinajstić information content (AvgIpc) is 2.60. The lowest BCUT2D eigenvalue weighted by Crippen LogP contribution is -2.48. The molecule has 0 radical (unpaired) electrons. The van der Waals surface area contributed by atoms with Crippen LogP contribution in [0.25, 0.3) is 0 Å². The molecule has 0 atom stereocenters. The van der Waals surface area contributed by atoms with E-state index in [1.807, 2.05) is 4.90 Å². The second-order valence-corrected chi connectivity index (χ2v) is 5.79. The highest BCUT2D eigenvalue weighted by molar-refractivity contribution is 5.79. The Morgan fingerprint density at radius 3 is 2.42 bits per heavy atom. The van der Waals surface area contributed by atoms with Gasteiger partial charge < -0.3 is 15.1 Å². The monoisotopic (exact) mass is 333 g/mol. The summed E-state index contributed by atoms with van der Waals surface area (Å²) in [7, 11) is 0. The van der Waals surface area contributed by atoms with Crippen molar-refractivity contribution in [2.24, 2.45) is 0 Å². The Kier molecular flexibility index (Phi) is 6.78. The van der Waals surface area contributed by atoms with Crippen molar-refractivity contribution >= 4 is 17.5 Å². The van der Waals surface area contributed by atoms with Crippen LogP contribution in [0.4, 0.5) is 10.1 Å². The number of hydrogen-bond acceptors (Lipinski definition) is 3. The third-order valence-corrected chi connectivity index (χ3v) is 4.06. The van der Waals surface area contributed by atoms with E-state index in [0.29, 0.717) is 38.9 Å². The van der Waals surface area contributed by atoms with Gasteiger partial charge in [0.2, 0.25) is 11.8 Å². The zero-order chi connectivity index (χ0) is 17.4. The second kappa shape index (κ2) is 9.05. The first-order chi connectivity index (χ1) is 11.6. The van der Waals surface area contributed by atoms with Crippen molar-refractivity contribution in [2.75, 3.05) is 37.6 Å². The summed E-state index contributed by atoms with van der Waals surface area (Å²) in [6, 6.07) is 6.41. The molecule has 0 unspecified atom stereocenters. The van der Waals surface area contributed by atoms with Crippen LogP contribution in [-0.4, -0.2) is 49.4 Å². The Morgan fingerprint density at radius 2 is 1.79 bits per heavy atom. The van der Waals surface area contributed by atoms with E-state index >= 15 is 0 Å². The molecule has 2 rings (SSSR count). The molecule has 0 spiro atoms. The zero-order valence-corrected chi connectivity index (χ0v) is 13.8. The van der Waals surface area contributed by atoms with Crippen LogP contribution in [-0.2, 0) is 9.59 Å². The lowest BCUT2D eigenvalue weighted by molar-refractivity contribution is -0.131. The lowest BCUT2D eigenvalue weighted by Gasteiger charge is -2.36. The molecule has 1 N–H and O–H groups in total. The van der Waals surface area contributed by atoms with Crippen molar-refractivity contribution in [1.82, 2.24) is 10.2 Å². The summed E-state index contributed by atoms with van der Waals surface area (Å²) in [6.07, 6.45) is 2.93. The Morgan fingerprint density at radius 1 is 1.12 bits per heavy atom. The third-order valence-electron chi connectivity index (χ3n) is 4.06. The van der Waals surface area contributed by atoms with E-state index in [2.05, 4.69) is 16.8 Å². The fourth-order valence-corrected chi connectivity index (χ4v) is 2.70. The molecule has 0 aromatic heterocycles. The van der Waals surface area contributed by atoms with Crippen molar-refractivity contribution < 1.29 is 14.0 Å². The number of piperazine rings is 1. The SMILES string of the molecule is C=CCNC(=O)CCCC(=O)N1CCN(c2ccc(F)cc2)CC1. The van der Waals surface area contributed by atoms with Gasteiger partial charge in [-0.2, -0.15) is 0 Å². The normalized spacial score (nSPS) is 14.4. The van der Waals surface area contributed by atoms with Gasteiger partial charge in [0.15, 0.2) is 0 Å². The van der Waals surface area contributed by atoms with E-state index < -0.39 is 0 Å². The summed E-state index contributed by atoms with van der Waals surface area (Å²) in [4.78, 5) is 27.6. The molecule has 1 aliphatic heterocycles. The van der Waals surface area contributed by atoms with Gasteiger partial charge in [0.05, 0.1) is 0 Å². The smallest absolute Gasteiger partial charge is 0.222 e. The molecule has 1 fully saturated rings. The van der Waals surface area contributed by atoms with Gasteiger partial charge >= 0.3 is 0 Å². The number of nitrogens with one attached hydrogen (secondary N) is 1. The number of carbonyl (C=O) groups is 2. The fraction of sp³-hybridized carbons (Fsp3) is 0.444. The fourth-order valence-electron chi connectivity index (χ4n) is 2.70. The molecule has 1 aliphatic rings. The molecule has 130 valence electrons. The Labute approximate surface area is 142 Å². The molecule has 1 saturated heterocycles. The van der Waals surface area contributed by atoms with Gasteiger partial charge in [0, 0.05) is 51.3 Å². The minimum Gasteiger partial charge on any atom is -0.368 e. The van der Waals surface area contributed by atoms with Crippen molar-refractivity contribution in [1.29, 1.82) is 0 Å². The molecule has 1 aromatic rings. The maximum absolute atomic E-state index is 13.0. The number of amides is 2. The van der Waals surface area contributed by atoms with Crippen LogP contribution in [0.15, 0.2) is 36.9 Å². The predicted octanol–water partition coefficient (Wildman–Crippen LogP) is 1.95. The highest BCUT2D eigenvalue weighted by Crippen LogP contribution is 2.17. The van der Waals surface area contributed by atoms with Crippen LogP contribution in [0.2, 0.25) is 0 Å². The molecule has 0 bridgehead atoms. The number of rotatable bonds is 7. The molecule has 0 aliphatic carbocycles. The van der Waals surface area contributed by atoms with Gasteiger partial charge in [-0.05, 0) is 30.7 Å². The number of halogens is 1. The number of nitrogens with zero attached hydrogens (tertiary/aromatic N) is 2. The van der Waals surface area contributed by atoms with Gasteiger partial charge in [0.25, 0.3) is 0 Å². The summed E-state index contributed by atoms with van der Waals surface area (Å²) >= 11 is 0. The van der Waals surface area contributed by atoms with Crippen molar-refractivity contribution in [2.45, 2.75) is 19.3 Å². The summed E-state index contributed by atoms with van der Waals surface area (Å²) in [5, 5.41) is 2.70. The highest BCUT2D eigenvalue weighted by atomic mass is 19.1. The maximum atomic E-state index is 13.0. The summed E-state index contributed by atoms with van der Waals surface area (Å²) in [5.74, 6) is -0.209. The van der Waals surface area contributed by atoms with E-state index in [0.717, 1.165) is 18.8 Å². The number of carbonyl (C=O) groups excluding carboxylic acids is 2. The average molecular weight is 333 g/mol. The number of anilines is 1. The second-order valence-electron chi connectivity index (χ2n) is 5.79. The van der Waals surface area contributed by atoms with Gasteiger partial charge in [0.1, 0.15) is 5.82 Å². The molecule has 1 aromatic carbocycles. The van der Waals surface area contributed by atoms with Gasteiger partial charge in [-0.15, -0.1) is 6.58 Å². The minimum absolute atomic E-state index is 0.0520. The first kappa shape index (κ1) is 18.0. The van der Waals surface area contributed by atoms with Crippen molar-refractivity contribution in [3.05, 3.63) is 42.7 Å². The topological polar surface area (TPSA) is 52.7 Å². The summed E-state index contributed by atoms with van der Waals surface area (Å²) in [5.41, 5.74) is 0.974. The maximum Gasteiger partial charge on any atom is 0.222 e.